The number of esters is 1. The highest BCUT2D eigenvalue weighted by molar-refractivity contribution is 5.71. The van der Waals surface area contributed by atoms with Crippen LogP contribution in [0.2, 0.25) is 0 Å². The summed E-state index contributed by atoms with van der Waals surface area (Å²) in [6, 6.07) is 11.3. The summed E-state index contributed by atoms with van der Waals surface area (Å²) < 4.78 is 16.0. The van der Waals surface area contributed by atoms with E-state index in [0.717, 1.165) is 23.5 Å². The van der Waals surface area contributed by atoms with E-state index in [1.807, 2.05) is 36.4 Å². The van der Waals surface area contributed by atoms with Crippen molar-refractivity contribution in [3.8, 4) is 5.75 Å². The number of hydrogen-bond donors (Lipinski definition) is 0. The van der Waals surface area contributed by atoms with Gasteiger partial charge in [-0.2, -0.15) is 0 Å². The van der Waals surface area contributed by atoms with Crippen LogP contribution in [0.5, 0.6) is 5.75 Å². The van der Waals surface area contributed by atoms with Crippen molar-refractivity contribution in [3.63, 3.8) is 0 Å². The Labute approximate surface area is 110 Å². The van der Waals surface area contributed by atoms with Gasteiger partial charge < -0.3 is 13.9 Å². The standard InChI is InChI=1S/C15H14O4/c16-15-8-7-14(19-15)11-3-5-12(6-4-11)18-10-13-2-1-9-17-13/h1-6,9,14H,7-8,10H2. The fourth-order valence-corrected chi connectivity index (χ4v) is 2.09. The van der Waals surface area contributed by atoms with Crippen molar-refractivity contribution in [2.24, 2.45) is 0 Å². The summed E-state index contributed by atoms with van der Waals surface area (Å²) in [5, 5.41) is 0. The minimum Gasteiger partial charge on any atom is -0.486 e. The van der Waals surface area contributed by atoms with Crippen LogP contribution in [0.4, 0.5) is 0 Å². The van der Waals surface area contributed by atoms with Gasteiger partial charge in [-0.3, -0.25) is 4.79 Å². The number of cyclic esters (lactones) is 1. The van der Waals surface area contributed by atoms with Gasteiger partial charge in [0.15, 0.2) is 0 Å². The van der Waals surface area contributed by atoms with Crippen molar-refractivity contribution >= 4 is 5.97 Å². The predicted molar refractivity (Wildman–Crippen MR) is 67.5 cm³/mol. The third kappa shape index (κ3) is 2.78. The monoisotopic (exact) mass is 258 g/mol. The van der Waals surface area contributed by atoms with Gasteiger partial charge in [0.25, 0.3) is 0 Å². The highest BCUT2D eigenvalue weighted by Gasteiger charge is 2.24. The van der Waals surface area contributed by atoms with Crippen LogP contribution < -0.4 is 4.74 Å². The van der Waals surface area contributed by atoms with E-state index in [4.69, 9.17) is 13.9 Å². The second-order valence-electron chi connectivity index (χ2n) is 4.45. The number of benzene rings is 1. The third-order valence-corrected chi connectivity index (χ3v) is 3.10. The zero-order valence-electron chi connectivity index (χ0n) is 10.4. The van der Waals surface area contributed by atoms with Crippen molar-refractivity contribution in [2.75, 3.05) is 0 Å². The van der Waals surface area contributed by atoms with Gasteiger partial charge in [0.1, 0.15) is 24.2 Å². The summed E-state index contributed by atoms with van der Waals surface area (Å²) in [6.45, 7) is 0.408. The molecule has 0 radical (unpaired) electrons. The maximum Gasteiger partial charge on any atom is 0.306 e. The zero-order valence-corrected chi connectivity index (χ0v) is 10.4. The molecule has 1 unspecified atom stereocenters. The first-order valence-corrected chi connectivity index (χ1v) is 6.26. The Morgan fingerprint density at radius 3 is 2.68 bits per heavy atom. The fourth-order valence-electron chi connectivity index (χ4n) is 2.09. The van der Waals surface area contributed by atoms with Crippen LogP contribution in [0, 0.1) is 0 Å². The first-order chi connectivity index (χ1) is 9.31. The van der Waals surface area contributed by atoms with Crippen molar-refractivity contribution in [1.29, 1.82) is 0 Å². The highest BCUT2D eigenvalue weighted by atomic mass is 16.5. The van der Waals surface area contributed by atoms with Crippen molar-refractivity contribution < 1.29 is 18.7 Å². The first kappa shape index (κ1) is 11.8. The lowest BCUT2D eigenvalue weighted by Crippen LogP contribution is -1.99. The average molecular weight is 258 g/mol. The molecule has 19 heavy (non-hydrogen) atoms. The molecule has 0 aliphatic carbocycles. The number of furan rings is 1. The molecule has 1 aromatic heterocycles. The van der Waals surface area contributed by atoms with E-state index >= 15 is 0 Å². The maximum atomic E-state index is 11.1. The number of carbonyl (C=O) groups excluding carboxylic acids is 1. The molecule has 0 spiro atoms. The summed E-state index contributed by atoms with van der Waals surface area (Å²) in [5.41, 5.74) is 1.01. The number of hydrogen-bond acceptors (Lipinski definition) is 4. The SMILES string of the molecule is O=C1CCC(c2ccc(OCc3ccco3)cc2)O1. The van der Waals surface area contributed by atoms with Crippen molar-refractivity contribution in [1.82, 2.24) is 0 Å². The van der Waals surface area contributed by atoms with Gasteiger partial charge in [0, 0.05) is 6.42 Å². The van der Waals surface area contributed by atoms with E-state index < -0.39 is 0 Å². The predicted octanol–water partition coefficient (Wildman–Crippen LogP) is 3.24. The largest absolute Gasteiger partial charge is 0.486 e. The molecule has 2 heterocycles. The van der Waals surface area contributed by atoms with E-state index in [2.05, 4.69) is 0 Å². The topological polar surface area (TPSA) is 48.7 Å². The van der Waals surface area contributed by atoms with E-state index in [1.54, 1.807) is 6.26 Å². The molecule has 0 bridgehead atoms. The van der Waals surface area contributed by atoms with Crippen molar-refractivity contribution in [2.45, 2.75) is 25.6 Å². The molecule has 1 aromatic carbocycles. The summed E-state index contributed by atoms with van der Waals surface area (Å²) in [6.07, 6.45) is 2.77. The molecule has 1 atom stereocenters. The summed E-state index contributed by atoms with van der Waals surface area (Å²) in [7, 11) is 0. The average Bonchev–Trinajstić information content (AvgIpc) is 3.08. The molecule has 0 saturated carbocycles. The molecule has 1 aliphatic heterocycles. The molecule has 4 heteroatoms. The van der Waals surface area contributed by atoms with Crippen LogP contribution in [0.3, 0.4) is 0 Å². The van der Waals surface area contributed by atoms with Gasteiger partial charge >= 0.3 is 5.97 Å². The Morgan fingerprint density at radius 2 is 2.05 bits per heavy atom. The molecular formula is C15H14O4. The minimum atomic E-state index is -0.122. The second kappa shape index (κ2) is 5.18. The lowest BCUT2D eigenvalue weighted by atomic mass is 10.1. The van der Waals surface area contributed by atoms with E-state index in [0.29, 0.717) is 13.0 Å². The second-order valence-corrected chi connectivity index (χ2v) is 4.45. The Balaban J connectivity index is 1.61. The van der Waals surface area contributed by atoms with Gasteiger partial charge in [0.2, 0.25) is 0 Å². The lowest BCUT2D eigenvalue weighted by Gasteiger charge is -2.10. The quantitative estimate of drug-likeness (QED) is 0.790. The van der Waals surface area contributed by atoms with Gasteiger partial charge in [-0.25, -0.2) is 0 Å². The molecule has 98 valence electrons. The van der Waals surface area contributed by atoms with Gasteiger partial charge in [-0.15, -0.1) is 0 Å². The van der Waals surface area contributed by atoms with E-state index in [-0.39, 0.29) is 12.1 Å². The normalized spacial score (nSPS) is 18.3. The number of carbonyl (C=O) groups is 1. The summed E-state index contributed by atoms with van der Waals surface area (Å²) in [4.78, 5) is 11.1. The van der Waals surface area contributed by atoms with Gasteiger partial charge in [-0.05, 0) is 36.2 Å². The molecule has 2 aromatic rings. The summed E-state index contributed by atoms with van der Waals surface area (Å²) >= 11 is 0. The van der Waals surface area contributed by atoms with Crippen LogP contribution >= 0.6 is 0 Å². The Hall–Kier alpha value is -2.23. The highest BCUT2D eigenvalue weighted by Crippen LogP contribution is 2.30. The van der Waals surface area contributed by atoms with Crippen LogP contribution in [0.1, 0.15) is 30.3 Å². The van der Waals surface area contributed by atoms with E-state index in [1.165, 1.54) is 0 Å². The van der Waals surface area contributed by atoms with E-state index in [9.17, 15) is 4.79 Å². The molecule has 1 aliphatic rings. The van der Waals surface area contributed by atoms with Crippen LogP contribution in [0.15, 0.2) is 47.1 Å². The van der Waals surface area contributed by atoms with Gasteiger partial charge in [-0.1, -0.05) is 12.1 Å². The molecule has 0 N–H and O–H groups in total. The molecular weight excluding hydrogens is 244 g/mol. The maximum absolute atomic E-state index is 11.1. The fraction of sp³-hybridized carbons (Fsp3) is 0.267. The number of rotatable bonds is 4. The van der Waals surface area contributed by atoms with Crippen LogP contribution in [-0.2, 0) is 16.1 Å². The minimum absolute atomic E-state index is 0.105. The molecule has 4 nitrogen and oxygen atoms in total. The third-order valence-electron chi connectivity index (χ3n) is 3.10. The molecule has 0 amide bonds. The molecule has 3 rings (SSSR count). The van der Waals surface area contributed by atoms with Crippen molar-refractivity contribution in [3.05, 3.63) is 54.0 Å². The number of ether oxygens (including phenoxy) is 2. The van der Waals surface area contributed by atoms with Crippen LogP contribution in [0.25, 0.3) is 0 Å². The Kier molecular flexibility index (Phi) is 3.23. The van der Waals surface area contributed by atoms with Crippen LogP contribution in [-0.4, -0.2) is 5.97 Å². The zero-order chi connectivity index (χ0) is 13.1. The Bertz CT molecular complexity index is 542. The van der Waals surface area contributed by atoms with Gasteiger partial charge in [0.05, 0.1) is 6.26 Å². The summed E-state index contributed by atoms with van der Waals surface area (Å²) in [5.74, 6) is 1.43. The lowest BCUT2D eigenvalue weighted by molar-refractivity contribution is -0.141. The smallest absolute Gasteiger partial charge is 0.306 e. The molecule has 1 saturated heterocycles. The molecule has 1 fully saturated rings. The Morgan fingerprint density at radius 1 is 1.21 bits per heavy atom. The first-order valence-electron chi connectivity index (χ1n) is 6.26.